The molecule has 88 valence electrons. The van der Waals surface area contributed by atoms with Gasteiger partial charge in [0.25, 0.3) is 0 Å². The van der Waals surface area contributed by atoms with E-state index < -0.39 is 11.6 Å². The summed E-state index contributed by atoms with van der Waals surface area (Å²) in [6.07, 6.45) is 3.25. The maximum absolute atomic E-state index is 14.0. The molecule has 4 heteroatoms. The van der Waals surface area contributed by atoms with Crippen LogP contribution < -0.4 is 0 Å². The molecule has 0 radical (unpaired) electrons. The highest BCUT2D eigenvalue weighted by Crippen LogP contribution is 2.37. The van der Waals surface area contributed by atoms with Gasteiger partial charge in [-0.25, -0.2) is 8.78 Å². The molecular formula is C14H8F2N2. The van der Waals surface area contributed by atoms with Crippen LogP contribution in [-0.2, 0) is 0 Å². The Morgan fingerprint density at radius 3 is 2.67 bits per heavy atom. The summed E-state index contributed by atoms with van der Waals surface area (Å²) in [5.41, 5.74) is 1.87. The van der Waals surface area contributed by atoms with Gasteiger partial charge in [0, 0.05) is 5.56 Å². The van der Waals surface area contributed by atoms with E-state index in [1.165, 1.54) is 12.3 Å². The van der Waals surface area contributed by atoms with E-state index in [4.69, 9.17) is 0 Å². The van der Waals surface area contributed by atoms with E-state index in [2.05, 4.69) is 10.2 Å². The first kappa shape index (κ1) is 10.8. The Bertz CT molecular complexity index is 675. The molecule has 0 aromatic heterocycles. The van der Waals surface area contributed by atoms with E-state index in [9.17, 15) is 8.78 Å². The van der Waals surface area contributed by atoms with E-state index in [-0.39, 0.29) is 5.56 Å². The number of benzene rings is 2. The van der Waals surface area contributed by atoms with Crippen molar-refractivity contribution < 1.29 is 8.78 Å². The fraction of sp³-hybridized carbons (Fsp3) is 0. The summed E-state index contributed by atoms with van der Waals surface area (Å²) in [5, 5.41) is 7.68. The molecule has 2 aromatic carbocycles. The van der Waals surface area contributed by atoms with Crippen molar-refractivity contribution in [2.75, 3.05) is 0 Å². The quantitative estimate of drug-likeness (QED) is 0.639. The van der Waals surface area contributed by atoms with Gasteiger partial charge < -0.3 is 0 Å². The van der Waals surface area contributed by atoms with Crippen LogP contribution in [0.5, 0.6) is 0 Å². The zero-order valence-corrected chi connectivity index (χ0v) is 9.27. The van der Waals surface area contributed by atoms with Crippen LogP contribution >= 0.6 is 0 Å². The summed E-state index contributed by atoms with van der Waals surface area (Å²) in [6.45, 7) is 0. The minimum atomic E-state index is -0.894. The normalized spacial score (nSPS) is 14.3. The van der Waals surface area contributed by atoms with Crippen molar-refractivity contribution in [1.29, 1.82) is 0 Å². The van der Waals surface area contributed by atoms with Crippen LogP contribution in [0.25, 0.3) is 17.2 Å². The molecule has 0 atom stereocenters. The van der Waals surface area contributed by atoms with E-state index in [0.717, 1.165) is 11.6 Å². The van der Waals surface area contributed by atoms with Gasteiger partial charge in [-0.3, -0.25) is 0 Å². The SMILES string of the molecule is Fc1ccc2c(c1F)-c1ccccc1/C=C\N=N2. The third-order valence-corrected chi connectivity index (χ3v) is 2.79. The van der Waals surface area contributed by atoms with Crippen molar-refractivity contribution in [2.45, 2.75) is 0 Å². The van der Waals surface area contributed by atoms with Crippen molar-refractivity contribution in [2.24, 2.45) is 10.2 Å². The second-order valence-corrected chi connectivity index (χ2v) is 3.87. The molecule has 1 aliphatic heterocycles. The monoisotopic (exact) mass is 242 g/mol. The van der Waals surface area contributed by atoms with E-state index in [1.807, 2.05) is 12.1 Å². The van der Waals surface area contributed by atoms with Crippen molar-refractivity contribution in [3.05, 3.63) is 59.8 Å². The number of rotatable bonds is 0. The molecule has 0 saturated carbocycles. The van der Waals surface area contributed by atoms with Crippen molar-refractivity contribution in [3.8, 4) is 11.1 Å². The minimum absolute atomic E-state index is 0.152. The smallest absolute Gasteiger partial charge is 0.168 e. The molecule has 0 saturated heterocycles. The Labute approximate surface area is 102 Å². The molecule has 0 fully saturated rings. The largest absolute Gasteiger partial charge is 0.204 e. The molecule has 0 spiro atoms. The number of nitrogens with zero attached hydrogens (tertiary/aromatic N) is 2. The molecule has 0 unspecified atom stereocenters. The summed E-state index contributed by atoms with van der Waals surface area (Å²) in [6, 6.07) is 9.65. The van der Waals surface area contributed by atoms with Crippen LogP contribution in [0, 0.1) is 11.6 Å². The summed E-state index contributed by atoms with van der Waals surface area (Å²) in [5.74, 6) is -1.78. The minimum Gasteiger partial charge on any atom is -0.204 e. The lowest BCUT2D eigenvalue weighted by Gasteiger charge is -2.11. The zero-order valence-electron chi connectivity index (χ0n) is 9.27. The van der Waals surface area contributed by atoms with E-state index in [1.54, 1.807) is 18.2 Å². The molecule has 2 nitrogen and oxygen atoms in total. The lowest BCUT2D eigenvalue weighted by atomic mass is 9.97. The van der Waals surface area contributed by atoms with Gasteiger partial charge in [-0.15, -0.1) is 0 Å². The Kier molecular flexibility index (Phi) is 2.48. The molecule has 0 amide bonds. The van der Waals surface area contributed by atoms with Gasteiger partial charge in [0.15, 0.2) is 11.6 Å². The second kappa shape index (κ2) is 4.14. The van der Waals surface area contributed by atoms with E-state index in [0.29, 0.717) is 11.3 Å². The van der Waals surface area contributed by atoms with E-state index >= 15 is 0 Å². The molecule has 0 aliphatic carbocycles. The maximum Gasteiger partial charge on any atom is 0.168 e. The number of azo groups is 1. The molecular weight excluding hydrogens is 234 g/mol. The van der Waals surface area contributed by atoms with Crippen molar-refractivity contribution >= 4 is 11.8 Å². The molecule has 3 rings (SSSR count). The summed E-state index contributed by atoms with van der Waals surface area (Å²) < 4.78 is 27.3. The lowest BCUT2D eigenvalue weighted by molar-refractivity contribution is 0.511. The molecule has 0 N–H and O–H groups in total. The molecule has 1 heterocycles. The third kappa shape index (κ3) is 1.62. The van der Waals surface area contributed by atoms with Crippen LogP contribution in [0.4, 0.5) is 14.5 Å². The maximum atomic E-state index is 14.0. The number of hydrogen-bond donors (Lipinski definition) is 0. The predicted octanol–water partition coefficient (Wildman–Crippen LogP) is 4.70. The molecule has 0 bridgehead atoms. The Hall–Kier alpha value is -2.36. The predicted molar refractivity (Wildman–Crippen MR) is 65.3 cm³/mol. The van der Waals surface area contributed by atoms with Gasteiger partial charge in [-0.1, -0.05) is 24.3 Å². The highest BCUT2D eigenvalue weighted by Gasteiger charge is 2.17. The van der Waals surface area contributed by atoms with Gasteiger partial charge in [-0.05, 0) is 29.3 Å². The summed E-state index contributed by atoms with van der Waals surface area (Å²) in [4.78, 5) is 0. The van der Waals surface area contributed by atoms with Gasteiger partial charge in [0.05, 0.1) is 11.9 Å². The molecule has 18 heavy (non-hydrogen) atoms. The third-order valence-electron chi connectivity index (χ3n) is 2.79. The average molecular weight is 242 g/mol. The van der Waals surface area contributed by atoms with Crippen molar-refractivity contribution in [3.63, 3.8) is 0 Å². The fourth-order valence-electron chi connectivity index (χ4n) is 1.96. The topological polar surface area (TPSA) is 24.7 Å². The van der Waals surface area contributed by atoms with Gasteiger partial charge >= 0.3 is 0 Å². The Morgan fingerprint density at radius 2 is 1.78 bits per heavy atom. The molecule has 2 aromatic rings. The Balaban J connectivity index is 2.40. The van der Waals surface area contributed by atoms with Crippen LogP contribution in [0.2, 0.25) is 0 Å². The first-order chi connectivity index (χ1) is 8.77. The van der Waals surface area contributed by atoms with Gasteiger partial charge in [0.1, 0.15) is 0 Å². The number of halogens is 2. The second-order valence-electron chi connectivity index (χ2n) is 3.87. The first-order valence-electron chi connectivity index (χ1n) is 5.42. The number of hydrogen-bond acceptors (Lipinski definition) is 2. The van der Waals surface area contributed by atoms with Crippen LogP contribution in [0.15, 0.2) is 52.8 Å². The zero-order chi connectivity index (χ0) is 12.5. The Morgan fingerprint density at radius 1 is 0.944 bits per heavy atom. The van der Waals surface area contributed by atoms with Crippen LogP contribution in [0.3, 0.4) is 0 Å². The highest BCUT2D eigenvalue weighted by atomic mass is 19.2. The highest BCUT2D eigenvalue weighted by molar-refractivity contribution is 5.83. The van der Waals surface area contributed by atoms with Crippen molar-refractivity contribution in [1.82, 2.24) is 0 Å². The standard InChI is InChI=1S/C14H8F2N2/c15-11-5-6-12-13(14(11)16)10-4-2-1-3-9(10)7-8-17-18-12/h1-8H/b8-7-,9-7?,13-10?,17-8?,18-12?,18-17?. The fourth-order valence-corrected chi connectivity index (χ4v) is 1.96. The van der Waals surface area contributed by atoms with Gasteiger partial charge in [0.2, 0.25) is 0 Å². The van der Waals surface area contributed by atoms with Crippen LogP contribution in [0.1, 0.15) is 5.56 Å². The summed E-state index contributed by atoms with van der Waals surface area (Å²) >= 11 is 0. The van der Waals surface area contributed by atoms with Gasteiger partial charge in [-0.2, -0.15) is 10.2 Å². The summed E-state index contributed by atoms with van der Waals surface area (Å²) in [7, 11) is 0. The molecule has 1 aliphatic rings. The first-order valence-corrected chi connectivity index (χ1v) is 5.42. The average Bonchev–Trinajstić information content (AvgIpc) is 2.36. The number of fused-ring (bicyclic) bond motifs is 3. The van der Waals surface area contributed by atoms with Crippen LogP contribution in [-0.4, -0.2) is 0 Å². The lowest BCUT2D eigenvalue weighted by Crippen LogP contribution is -1.93.